The Bertz CT molecular complexity index is 434. The van der Waals surface area contributed by atoms with Crippen molar-refractivity contribution in [1.82, 2.24) is 9.80 Å². The standard InChI is InChI=1S/C18H28N2O/c1-4-16(5-2)18(21)20-13-11-19(12-14-20)15(3)17-9-7-6-8-10-17/h6-10,15-16H,4-5,11-14H2,1-3H3. The summed E-state index contributed by atoms with van der Waals surface area (Å²) < 4.78 is 0. The molecule has 0 N–H and O–H groups in total. The molecule has 3 nitrogen and oxygen atoms in total. The highest BCUT2D eigenvalue weighted by Crippen LogP contribution is 2.22. The average Bonchev–Trinajstić information content (AvgIpc) is 2.56. The molecule has 1 atom stereocenters. The zero-order valence-corrected chi connectivity index (χ0v) is 13.6. The summed E-state index contributed by atoms with van der Waals surface area (Å²) in [5.74, 6) is 0.565. The Hall–Kier alpha value is -1.35. The van der Waals surface area contributed by atoms with Gasteiger partial charge in [0.15, 0.2) is 0 Å². The van der Waals surface area contributed by atoms with Crippen molar-refractivity contribution in [3.63, 3.8) is 0 Å². The normalized spacial score (nSPS) is 18.0. The number of hydrogen-bond donors (Lipinski definition) is 0. The van der Waals surface area contributed by atoms with Gasteiger partial charge in [0, 0.05) is 38.1 Å². The Labute approximate surface area is 128 Å². The van der Waals surface area contributed by atoms with E-state index in [0.29, 0.717) is 11.9 Å². The van der Waals surface area contributed by atoms with Crippen LogP contribution in [0.3, 0.4) is 0 Å². The predicted octanol–water partition coefficient (Wildman–Crippen LogP) is 3.33. The molecule has 0 aromatic heterocycles. The van der Waals surface area contributed by atoms with Crippen molar-refractivity contribution in [2.45, 2.75) is 39.7 Å². The number of carbonyl (C=O) groups excluding carboxylic acids is 1. The van der Waals surface area contributed by atoms with Crippen molar-refractivity contribution in [1.29, 1.82) is 0 Å². The van der Waals surface area contributed by atoms with E-state index < -0.39 is 0 Å². The Morgan fingerprint density at radius 2 is 1.62 bits per heavy atom. The number of piperazine rings is 1. The van der Waals surface area contributed by atoms with Crippen LogP contribution in [0.1, 0.15) is 45.2 Å². The number of carbonyl (C=O) groups is 1. The molecular formula is C18H28N2O. The second-order valence-electron chi connectivity index (χ2n) is 5.96. The molecule has 1 unspecified atom stereocenters. The van der Waals surface area contributed by atoms with Gasteiger partial charge in [0.1, 0.15) is 0 Å². The van der Waals surface area contributed by atoms with Crippen LogP contribution in [0.15, 0.2) is 30.3 Å². The number of nitrogens with zero attached hydrogens (tertiary/aromatic N) is 2. The van der Waals surface area contributed by atoms with Gasteiger partial charge in [-0.15, -0.1) is 0 Å². The van der Waals surface area contributed by atoms with E-state index in [4.69, 9.17) is 0 Å². The molecule has 1 amide bonds. The summed E-state index contributed by atoms with van der Waals surface area (Å²) in [5.41, 5.74) is 1.36. The van der Waals surface area contributed by atoms with Gasteiger partial charge in [0.05, 0.1) is 0 Å². The lowest BCUT2D eigenvalue weighted by molar-refractivity contribution is -0.137. The Morgan fingerprint density at radius 1 is 1.05 bits per heavy atom. The first-order chi connectivity index (χ1) is 10.2. The highest BCUT2D eigenvalue weighted by molar-refractivity contribution is 5.78. The Morgan fingerprint density at radius 3 is 2.14 bits per heavy atom. The molecule has 1 aliphatic rings. The van der Waals surface area contributed by atoms with Crippen molar-refractivity contribution >= 4 is 5.91 Å². The molecule has 3 heteroatoms. The van der Waals surface area contributed by atoms with Gasteiger partial charge in [0.25, 0.3) is 0 Å². The van der Waals surface area contributed by atoms with Gasteiger partial charge in [-0.25, -0.2) is 0 Å². The van der Waals surface area contributed by atoms with Crippen LogP contribution < -0.4 is 0 Å². The molecule has 0 bridgehead atoms. The van der Waals surface area contributed by atoms with Gasteiger partial charge in [-0.1, -0.05) is 44.2 Å². The van der Waals surface area contributed by atoms with E-state index in [0.717, 1.165) is 39.0 Å². The summed E-state index contributed by atoms with van der Waals surface area (Å²) in [5, 5.41) is 0. The molecule has 0 radical (unpaired) electrons. The molecular weight excluding hydrogens is 260 g/mol. The molecule has 1 aromatic carbocycles. The van der Waals surface area contributed by atoms with Gasteiger partial charge in [-0.05, 0) is 25.3 Å². The fourth-order valence-electron chi connectivity index (χ4n) is 3.17. The van der Waals surface area contributed by atoms with E-state index >= 15 is 0 Å². The van der Waals surface area contributed by atoms with E-state index in [-0.39, 0.29) is 5.92 Å². The molecule has 1 fully saturated rings. The minimum absolute atomic E-state index is 0.211. The lowest BCUT2D eigenvalue weighted by atomic mass is 10.0. The maximum atomic E-state index is 12.4. The quantitative estimate of drug-likeness (QED) is 0.830. The van der Waals surface area contributed by atoms with Gasteiger partial charge >= 0.3 is 0 Å². The second kappa shape index (κ2) is 7.60. The van der Waals surface area contributed by atoms with Crippen LogP contribution in [-0.4, -0.2) is 41.9 Å². The molecule has 0 saturated carbocycles. The zero-order chi connectivity index (χ0) is 15.2. The summed E-state index contributed by atoms with van der Waals surface area (Å²) in [6.07, 6.45) is 1.91. The molecule has 0 spiro atoms. The molecule has 1 heterocycles. The van der Waals surface area contributed by atoms with Gasteiger partial charge in [-0.2, -0.15) is 0 Å². The van der Waals surface area contributed by atoms with E-state index in [1.807, 2.05) is 0 Å². The minimum atomic E-state index is 0.211. The summed E-state index contributed by atoms with van der Waals surface area (Å²) >= 11 is 0. The van der Waals surface area contributed by atoms with Crippen LogP contribution in [0.2, 0.25) is 0 Å². The first kappa shape index (κ1) is 16.0. The highest BCUT2D eigenvalue weighted by atomic mass is 16.2. The summed E-state index contributed by atoms with van der Waals surface area (Å²) in [6, 6.07) is 11.1. The SMILES string of the molecule is CCC(CC)C(=O)N1CCN(C(C)c2ccccc2)CC1. The first-order valence-electron chi connectivity index (χ1n) is 8.25. The van der Waals surface area contributed by atoms with Crippen molar-refractivity contribution < 1.29 is 4.79 Å². The monoisotopic (exact) mass is 288 g/mol. The minimum Gasteiger partial charge on any atom is -0.340 e. The molecule has 21 heavy (non-hydrogen) atoms. The number of hydrogen-bond acceptors (Lipinski definition) is 2. The lowest BCUT2D eigenvalue weighted by Crippen LogP contribution is -2.50. The maximum absolute atomic E-state index is 12.4. The van der Waals surface area contributed by atoms with Crippen molar-refractivity contribution in [3.8, 4) is 0 Å². The largest absolute Gasteiger partial charge is 0.340 e. The van der Waals surface area contributed by atoms with Crippen molar-refractivity contribution in [3.05, 3.63) is 35.9 Å². The average molecular weight is 288 g/mol. The van der Waals surface area contributed by atoms with Gasteiger partial charge in [-0.3, -0.25) is 9.69 Å². The van der Waals surface area contributed by atoms with Crippen LogP contribution in [0, 0.1) is 5.92 Å². The molecule has 1 aromatic rings. The third-order valence-electron chi connectivity index (χ3n) is 4.79. The van der Waals surface area contributed by atoms with Crippen LogP contribution in [0.5, 0.6) is 0 Å². The number of rotatable bonds is 5. The fraction of sp³-hybridized carbons (Fsp3) is 0.611. The van der Waals surface area contributed by atoms with Crippen LogP contribution in [0.25, 0.3) is 0 Å². The van der Waals surface area contributed by atoms with E-state index in [2.05, 4.69) is 60.9 Å². The first-order valence-corrected chi connectivity index (χ1v) is 8.25. The van der Waals surface area contributed by atoms with Gasteiger partial charge < -0.3 is 4.90 Å². The van der Waals surface area contributed by atoms with Crippen molar-refractivity contribution in [2.75, 3.05) is 26.2 Å². The maximum Gasteiger partial charge on any atom is 0.225 e. The molecule has 1 saturated heterocycles. The van der Waals surface area contributed by atoms with Crippen LogP contribution >= 0.6 is 0 Å². The highest BCUT2D eigenvalue weighted by Gasteiger charge is 2.27. The summed E-state index contributed by atoms with van der Waals surface area (Å²) in [7, 11) is 0. The van der Waals surface area contributed by atoms with Crippen LogP contribution in [-0.2, 0) is 4.79 Å². The third kappa shape index (κ3) is 3.85. The molecule has 2 rings (SSSR count). The third-order valence-corrected chi connectivity index (χ3v) is 4.79. The topological polar surface area (TPSA) is 23.6 Å². The van der Waals surface area contributed by atoms with Crippen LogP contribution in [0.4, 0.5) is 0 Å². The lowest BCUT2D eigenvalue weighted by Gasteiger charge is -2.39. The number of benzene rings is 1. The van der Waals surface area contributed by atoms with Gasteiger partial charge in [0.2, 0.25) is 5.91 Å². The Kier molecular flexibility index (Phi) is 5.80. The number of amides is 1. The molecule has 0 aliphatic carbocycles. The zero-order valence-electron chi connectivity index (χ0n) is 13.6. The molecule has 116 valence electrons. The van der Waals surface area contributed by atoms with E-state index in [1.54, 1.807) is 0 Å². The summed E-state index contributed by atoms with van der Waals surface area (Å²) in [4.78, 5) is 17.0. The van der Waals surface area contributed by atoms with E-state index in [9.17, 15) is 4.79 Å². The Balaban J connectivity index is 1.90. The van der Waals surface area contributed by atoms with E-state index in [1.165, 1.54) is 5.56 Å². The predicted molar refractivity (Wildman–Crippen MR) is 87.1 cm³/mol. The smallest absolute Gasteiger partial charge is 0.225 e. The molecule has 1 aliphatic heterocycles. The fourth-order valence-corrected chi connectivity index (χ4v) is 3.17. The van der Waals surface area contributed by atoms with Crippen molar-refractivity contribution in [2.24, 2.45) is 5.92 Å². The summed E-state index contributed by atoms with van der Waals surface area (Å²) in [6.45, 7) is 10.2. The second-order valence-corrected chi connectivity index (χ2v) is 5.96.